The number of nitrogens with one attached hydrogen (secondary N) is 1. The number of aryl methyl sites for hydroxylation is 1. The van der Waals surface area contributed by atoms with Crippen molar-refractivity contribution < 1.29 is 4.79 Å². The molecule has 0 saturated heterocycles. The van der Waals surface area contributed by atoms with Crippen LogP contribution < -0.4 is 5.32 Å². The Balaban J connectivity index is 2.54. The van der Waals surface area contributed by atoms with Crippen LogP contribution in [-0.4, -0.2) is 11.7 Å². The molecule has 1 amide bonds. The molecule has 0 aliphatic rings. The Labute approximate surface area is 118 Å². The zero-order valence-electron chi connectivity index (χ0n) is 10.7. The first-order chi connectivity index (χ1) is 8.67. The molecular formula is C14H18ClNOS. The predicted molar refractivity (Wildman–Crippen MR) is 81.1 cm³/mol. The minimum Gasteiger partial charge on any atom is -0.322 e. The van der Waals surface area contributed by atoms with Crippen molar-refractivity contribution >= 4 is 35.0 Å². The Hall–Kier alpha value is -0.930. The Morgan fingerprint density at radius 3 is 2.61 bits per heavy atom. The van der Waals surface area contributed by atoms with Gasteiger partial charge in [-0.2, -0.15) is 0 Å². The molecule has 0 fully saturated rings. The summed E-state index contributed by atoms with van der Waals surface area (Å²) < 4.78 is 0. The molecule has 0 aliphatic carbocycles. The molecule has 0 unspecified atom stereocenters. The fourth-order valence-corrected chi connectivity index (χ4v) is 2.49. The fourth-order valence-electron chi connectivity index (χ4n) is 1.30. The molecule has 18 heavy (non-hydrogen) atoms. The first-order valence-electron chi connectivity index (χ1n) is 5.98. The maximum Gasteiger partial charge on any atom is 0.262 e. The number of thioether (sulfide) groups is 1. The van der Waals surface area contributed by atoms with Gasteiger partial charge in [-0.3, -0.25) is 4.79 Å². The summed E-state index contributed by atoms with van der Waals surface area (Å²) in [4.78, 5) is 12.5. The molecule has 4 heteroatoms. The van der Waals surface area contributed by atoms with Gasteiger partial charge in [0.2, 0.25) is 0 Å². The Morgan fingerprint density at radius 1 is 1.39 bits per heavy atom. The van der Waals surface area contributed by atoms with Crippen molar-refractivity contribution in [2.45, 2.75) is 26.7 Å². The fraction of sp³-hybridized carbons (Fsp3) is 0.357. The first kappa shape index (κ1) is 15.1. The molecule has 0 radical (unpaired) electrons. The zero-order valence-corrected chi connectivity index (χ0v) is 12.3. The summed E-state index contributed by atoms with van der Waals surface area (Å²) in [5.74, 6) is 0.770. The minimum atomic E-state index is -0.144. The van der Waals surface area contributed by atoms with E-state index in [0.29, 0.717) is 4.91 Å². The Morgan fingerprint density at radius 2 is 2.06 bits per heavy atom. The van der Waals surface area contributed by atoms with Crippen LogP contribution in [0.15, 0.2) is 34.7 Å². The SMILES string of the molecule is CCCCS/C(=C\Cl)C(=O)Nc1ccc(C)cc1. The summed E-state index contributed by atoms with van der Waals surface area (Å²) >= 11 is 7.18. The van der Waals surface area contributed by atoms with Gasteiger partial charge in [-0.25, -0.2) is 0 Å². The van der Waals surface area contributed by atoms with Crippen LogP contribution >= 0.6 is 23.4 Å². The number of amides is 1. The number of carbonyl (C=O) groups is 1. The third kappa shape index (κ3) is 5.15. The highest BCUT2D eigenvalue weighted by Gasteiger charge is 2.09. The number of unbranched alkanes of at least 4 members (excludes halogenated alkanes) is 1. The van der Waals surface area contributed by atoms with E-state index in [1.165, 1.54) is 22.9 Å². The van der Waals surface area contributed by atoms with E-state index in [4.69, 9.17) is 11.6 Å². The van der Waals surface area contributed by atoms with Crippen LogP contribution in [0.1, 0.15) is 25.3 Å². The summed E-state index contributed by atoms with van der Waals surface area (Å²) in [6.07, 6.45) is 2.19. The summed E-state index contributed by atoms with van der Waals surface area (Å²) in [7, 11) is 0. The van der Waals surface area contributed by atoms with Crippen molar-refractivity contribution in [2.24, 2.45) is 0 Å². The molecule has 0 bridgehead atoms. The lowest BCUT2D eigenvalue weighted by molar-refractivity contribution is -0.112. The lowest BCUT2D eigenvalue weighted by Crippen LogP contribution is -2.12. The van der Waals surface area contributed by atoms with E-state index in [0.717, 1.165) is 24.3 Å². The van der Waals surface area contributed by atoms with E-state index >= 15 is 0 Å². The summed E-state index contributed by atoms with van der Waals surface area (Å²) in [6.45, 7) is 4.13. The summed E-state index contributed by atoms with van der Waals surface area (Å²) in [5.41, 5.74) is 3.31. The van der Waals surface area contributed by atoms with Crippen LogP contribution in [0.4, 0.5) is 5.69 Å². The second-order valence-electron chi connectivity index (χ2n) is 4.00. The van der Waals surface area contributed by atoms with Crippen LogP contribution in [-0.2, 0) is 4.79 Å². The topological polar surface area (TPSA) is 29.1 Å². The zero-order chi connectivity index (χ0) is 13.4. The number of hydrogen-bond donors (Lipinski definition) is 1. The van der Waals surface area contributed by atoms with Crippen molar-refractivity contribution in [3.8, 4) is 0 Å². The molecule has 0 saturated carbocycles. The minimum absolute atomic E-state index is 0.144. The molecule has 0 spiro atoms. The van der Waals surface area contributed by atoms with E-state index < -0.39 is 0 Å². The molecule has 0 aliphatic heterocycles. The quantitative estimate of drug-likeness (QED) is 0.613. The van der Waals surface area contributed by atoms with Gasteiger partial charge >= 0.3 is 0 Å². The Bertz CT molecular complexity index is 414. The smallest absolute Gasteiger partial charge is 0.262 e. The van der Waals surface area contributed by atoms with E-state index in [1.54, 1.807) is 0 Å². The molecule has 0 aromatic heterocycles. The van der Waals surface area contributed by atoms with Crippen molar-refractivity contribution in [1.82, 2.24) is 0 Å². The molecule has 1 aromatic rings. The predicted octanol–water partition coefficient (Wildman–Crippen LogP) is 4.55. The van der Waals surface area contributed by atoms with Gasteiger partial charge < -0.3 is 5.32 Å². The van der Waals surface area contributed by atoms with E-state index in [2.05, 4.69) is 12.2 Å². The highest BCUT2D eigenvalue weighted by molar-refractivity contribution is 8.04. The van der Waals surface area contributed by atoms with Crippen LogP contribution in [0.2, 0.25) is 0 Å². The van der Waals surface area contributed by atoms with Gasteiger partial charge in [-0.15, -0.1) is 11.8 Å². The Kier molecular flexibility index (Phi) is 6.91. The maximum absolute atomic E-state index is 11.9. The summed E-state index contributed by atoms with van der Waals surface area (Å²) in [6, 6.07) is 7.69. The van der Waals surface area contributed by atoms with Gasteiger partial charge in [0.25, 0.3) is 5.91 Å². The highest BCUT2D eigenvalue weighted by Crippen LogP contribution is 2.20. The number of benzene rings is 1. The lowest BCUT2D eigenvalue weighted by Gasteiger charge is -2.07. The maximum atomic E-state index is 11.9. The number of hydrogen-bond acceptors (Lipinski definition) is 2. The molecule has 98 valence electrons. The van der Waals surface area contributed by atoms with Gasteiger partial charge in [0, 0.05) is 11.2 Å². The molecule has 2 nitrogen and oxygen atoms in total. The second-order valence-corrected chi connectivity index (χ2v) is 5.35. The van der Waals surface area contributed by atoms with Crippen molar-refractivity contribution in [3.63, 3.8) is 0 Å². The third-order valence-corrected chi connectivity index (χ3v) is 3.84. The van der Waals surface area contributed by atoms with Gasteiger partial charge in [0.1, 0.15) is 0 Å². The molecule has 1 rings (SSSR count). The number of carbonyl (C=O) groups excluding carboxylic acids is 1. The average Bonchev–Trinajstić information content (AvgIpc) is 2.37. The number of halogens is 1. The van der Waals surface area contributed by atoms with Crippen LogP contribution in [0, 0.1) is 6.92 Å². The summed E-state index contributed by atoms with van der Waals surface area (Å²) in [5, 5.41) is 2.83. The molecular weight excluding hydrogens is 266 g/mol. The third-order valence-electron chi connectivity index (χ3n) is 2.39. The second kappa shape index (κ2) is 8.22. The van der Waals surface area contributed by atoms with Crippen LogP contribution in [0.25, 0.3) is 0 Å². The number of anilines is 1. The average molecular weight is 284 g/mol. The van der Waals surface area contributed by atoms with Gasteiger partial charge in [0.05, 0.1) is 4.91 Å². The van der Waals surface area contributed by atoms with Gasteiger partial charge in [-0.05, 0) is 31.2 Å². The van der Waals surface area contributed by atoms with E-state index in [1.807, 2.05) is 31.2 Å². The van der Waals surface area contributed by atoms with Crippen LogP contribution in [0.5, 0.6) is 0 Å². The molecule has 0 heterocycles. The van der Waals surface area contributed by atoms with Crippen molar-refractivity contribution in [1.29, 1.82) is 0 Å². The van der Waals surface area contributed by atoms with Gasteiger partial charge in [-0.1, -0.05) is 42.6 Å². The standard InChI is InChI=1S/C14H18ClNOS/c1-3-4-9-18-13(10-15)14(17)16-12-7-5-11(2)6-8-12/h5-8,10H,3-4,9H2,1-2H3,(H,16,17)/b13-10-. The molecule has 1 aromatic carbocycles. The lowest BCUT2D eigenvalue weighted by atomic mass is 10.2. The molecule has 1 N–H and O–H groups in total. The van der Waals surface area contributed by atoms with Crippen molar-refractivity contribution in [2.75, 3.05) is 11.1 Å². The molecule has 0 atom stereocenters. The normalized spacial score (nSPS) is 11.4. The first-order valence-corrected chi connectivity index (χ1v) is 7.40. The van der Waals surface area contributed by atoms with Gasteiger partial charge in [0.15, 0.2) is 0 Å². The largest absolute Gasteiger partial charge is 0.322 e. The number of rotatable bonds is 6. The highest BCUT2D eigenvalue weighted by atomic mass is 35.5. The van der Waals surface area contributed by atoms with E-state index in [-0.39, 0.29) is 5.91 Å². The van der Waals surface area contributed by atoms with Crippen molar-refractivity contribution in [3.05, 3.63) is 40.3 Å². The van der Waals surface area contributed by atoms with Crippen LogP contribution in [0.3, 0.4) is 0 Å². The van der Waals surface area contributed by atoms with E-state index in [9.17, 15) is 4.79 Å². The monoisotopic (exact) mass is 283 g/mol.